The van der Waals surface area contributed by atoms with Crippen LogP contribution in [-0.4, -0.2) is 17.1 Å². The number of rotatable bonds is 6. The fourth-order valence-corrected chi connectivity index (χ4v) is 7.01. The largest absolute Gasteiger partial charge is 0.489 e. The molecule has 4 nitrogen and oxygen atoms in total. The second kappa shape index (κ2) is 8.86. The normalized spacial score (nSPS) is 28.7. The van der Waals surface area contributed by atoms with E-state index in [0.29, 0.717) is 28.4 Å². The first-order chi connectivity index (χ1) is 15.5. The lowest BCUT2D eigenvalue weighted by atomic mass is 9.48. The van der Waals surface area contributed by atoms with Crippen LogP contribution in [0.4, 0.5) is 0 Å². The molecule has 5 heteroatoms. The SMILES string of the molecule is CC(NC(=S)NC(=O)c1cccc(OCc2ccccc2)c1)C12CC3CC(CC(C3)C1)C2. The molecule has 4 bridgehead atoms. The van der Waals surface area contributed by atoms with Crippen LogP contribution in [0.2, 0.25) is 0 Å². The van der Waals surface area contributed by atoms with E-state index in [1.807, 2.05) is 42.5 Å². The van der Waals surface area contributed by atoms with Gasteiger partial charge in [0.25, 0.3) is 5.91 Å². The number of nitrogens with one attached hydrogen (secondary N) is 2. The Kier molecular flexibility index (Phi) is 5.93. The van der Waals surface area contributed by atoms with E-state index < -0.39 is 0 Å². The van der Waals surface area contributed by atoms with Gasteiger partial charge < -0.3 is 10.1 Å². The second-order valence-electron chi connectivity index (χ2n) is 10.2. The number of benzene rings is 2. The van der Waals surface area contributed by atoms with Gasteiger partial charge in [0.2, 0.25) is 0 Å². The Morgan fingerprint density at radius 1 is 1.03 bits per heavy atom. The lowest BCUT2D eigenvalue weighted by Gasteiger charge is -2.59. The van der Waals surface area contributed by atoms with Crippen LogP contribution in [-0.2, 0) is 6.61 Å². The number of carbonyl (C=O) groups is 1. The van der Waals surface area contributed by atoms with Crippen molar-refractivity contribution >= 4 is 23.2 Å². The molecule has 4 aliphatic carbocycles. The maximum atomic E-state index is 12.8. The fraction of sp³-hybridized carbons (Fsp3) is 0.481. The zero-order chi connectivity index (χ0) is 22.1. The van der Waals surface area contributed by atoms with Gasteiger partial charge in [0.15, 0.2) is 5.11 Å². The van der Waals surface area contributed by atoms with Gasteiger partial charge in [-0.3, -0.25) is 10.1 Å². The first-order valence-electron chi connectivity index (χ1n) is 11.9. The highest BCUT2D eigenvalue weighted by Gasteiger charge is 2.53. The Morgan fingerprint density at radius 2 is 1.69 bits per heavy atom. The van der Waals surface area contributed by atoms with Crippen LogP contribution in [0.1, 0.15) is 61.4 Å². The minimum Gasteiger partial charge on any atom is -0.489 e. The number of amides is 1. The summed E-state index contributed by atoms with van der Waals surface area (Å²) in [5.74, 6) is 3.15. The van der Waals surface area contributed by atoms with Crippen LogP contribution >= 0.6 is 12.2 Å². The standard InChI is InChI=1S/C27H32N2O2S/c1-18(27-14-20-10-21(15-27)12-22(11-20)16-27)28-26(32)29-25(30)23-8-5-9-24(13-23)31-17-19-6-3-2-4-7-19/h2-9,13,18,20-22H,10-12,14-17H2,1H3,(H2,28,29,30,32). The van der Waals surface area contributed by atoms with Crippen LogP contribution in [0.25, 0.3) is 0 Å². The molecule has 32 heavy (non-hydrogen) atoms. The van der Waals surface area contributed by atoms with Gasteiger partial charge in [-0.15, -0.1) is 0 Å². The zero-order valence-electron chi connectivity index (χ0n) is 18.7. The second-order valence-corrected chi connectivity index (χ2v) is 10.6. The van der Waals surface area contributed by atoms with Crippen molar-refractivity contribution in [2.75, 3.05) is 0 Å². The third-order valence-corrected chi connectivity index (χ3v) is 8.14. The van der Waals surface area contributed by atoms with Gasteiger partial charge in [-0.05, 0) is 105 Å². The smallest absolute Gasteiger partial charge is 0.257 e. The summed E-state index contributed by atoms with van der Waals surface area (Å²) in [5.41, 5.74) is 1.97. The zero-order valence-corrected chi connectivity index (χ0v) is 19.5. The van der Waals surface area contributed by atoms with Crippen molar-refractivity contribution in [2.24, 2.45) is 23.2 Å². The maximum Gasteiger partial charge on any atom is 0.257 e. The minimum atomic E-state index is -0.203. The van der Waals surface area contributed by atoms with Crippen molar-refractivity contribution in [3.8, 4) is 5.75 Å². The summed E-state index contributed by atoms with van der Waals surface area (Å²) in [7, 11) is 0. The fourth-order valence-electron chi connectivity index (χ4n) is 6.74. The summed E-state index contributed by atoms with van der Waals surface area (Å²) >= 11 is 5.54. The molecule has 0 aliphatic heterocycles. The van der Waals surface area contributed by atoms with E-state index in [-0.39, 0.29) is 11.9 Å². The van der Waals surface area contributed by atoms with Crippen LogP contribution in [0.15, 0.2) is 54.6 Å². The van der Waals surface area contributed by atoms with E-state index >= 15 is 0 Å². The number of carbonyl (C=O) groups excluding carboxylic acids is 1. The molecule has 0 saturated heterocycles. The molecule has 2 aromatic carbocycles. The molecule has 2 aromatic rings. The monoisotopic (exact) mass is 448 g/mol. The van der Waals surface area contributed by atoms with Gasteiger partial charge in [-0.25, -0.2) is 0 Å². The Balaban J connectivity index is 1.17. The van der Waals surface area contributed by atoms with E-state index in [9.17, 15) is 4.79 Å². The third kappa shape index (κ3) is 4.54. The Morgan fingerprint density at radius 3 is 2.34 bits per heavy atom. The molecule has 1 unspecified atom stereocenters. The summed E-state index contributed by atoms with van der Waals surface area (Å²) in [6.07, 6.45) is 8.21. The van der Waals surface area contributed by atoms with Crippen LogP contribution in [0.3, 0.4) is 0 Å². The molecule has 2 N–H and O–H groups in total. The summed E-state index contributed by atoms with van der Waals surface area (Å²) in [4.78, 5) is 12.8. The first kappa shape index (κ1) is 21.4. The summed E-state index contributed by atoms with van der Waals surface area (Å²) in [5, 5.41) is 6.78. The summed E-state index contributed by atoms with van der Waals surface area (Å²) in [6.45, 7) is 2.72. The molecule has 1 amide bonds. The molecule has 4 aliphatic rings. The quantitative estimate of drug-likeness (QED) is 0.575. The van der Waals surface area contributed by atoms with Crippen molar-refractivity contribution < 1.29 is 9.53 Å². The van der Waals surface area contributed by atoms with Crippen molar-refractivity contribution in [3.05, 3.63) is 65.7 Å². The highest BCUT2D eigenvalue weighted by atomic mass is 32.1. The van der Waals surface area contributed by atoms with Crippen molar-refractivity contribution in [2.45, 2.75) is 58.1 Å². The Hall–Kier alpha value is -2.40. The average Bonchev–Trinajstić information content (AvgIpc) is 2.77. The predicted molar refractivity (Wildman–Crippen MR) is 130 cm³/mol. The molecule has 6 rings (SSSR count). The van der Waals surface area contributed by atoms with E-state index in [1.54, 1.807) is 12.1 Å². The first-order valence-corrected chi connectivity index (χ1v) is 12.3. The highest BCUT2D eigenvalue weighted by Crippen LogP contribution is 2.61. The van der Waals surface area contributed by atoms with Gasteiger partial charge in [0, 0.05) is 11.6 Å². The van der Waals surface area contributed by atoms with E-state index in [4.69, 9.17) is 17.0 Å². The molecule has 4 saturated carbocycles. The molecular weight excluding hydrogens is 416 g/mol. The van der Waals surface area contributed by atoms with Gasteiger partial charge >= 0.3 is 0 Å². The summed E-state index contributed by atoms with van der Waals surface area (Å²) in [6, 6.07) is 17.5. The Bertz CT molecular complexity index is 955. The minimum absolute atomic E-state index is 0.203. The van der Waals surface area contributed by atoms with Crippen molar-refractivity contribution in [1.82, 2.24) is 10.6 Å². The number of hydrogen-bond donors (Lipinski definition) is 2. The van der Waals surface area contributed by atoms with E-state index in [1.165, 1.54) is 38.5 Å². The lowest BCUT2D eigenvalue weighted by molar-refractivity contribution is -0.0672. The lowest BCUT2D eigenvalue weighted by Crippen LogP contribution is -2.57. The number of hydrogen-bond acceptors (Lipinski definition) is 3. The molecular formula is C27H32N2O2S. The number of thiocarbonyl (C=S) groups is 1. The van der Waals surface area contributed by atoms with Gasteiger partial charge in [-0.1, -0.05) is 36.4 Å². The van der Waals surface area contributed by atoms with Crippen LogP contribution < -0.4 is 15.4 Å². The summed E-state index contributed by atoms with van der Waals surface area (Å²) < 4.78 is 5.86. The van der Waals surface area contributed by atoms with Crippen LogP contribution in [0, 0.1) is 23.2 Å². The molecule has 168 valence electrons. The highest BCUT2D eigenvalue weighted by molar-refractivity contribution is 7.80. The predicted octanol–water partition coefficient (Wildman–Crippen LogP) is 5.47. The molecule has 0 radical (unpaired) electrons. The average molecular weight is 449 g/mol. The van der Waals surface area contributed by atoms with Gasteiger partial charge in [-0.2, -0.15) is 0 Å². The van der Waals surface area contributed by atoms with Gasteiger partial charge in [0.1, 0.15) is 12.4 Å². The van der Waals surface area contributed by atoms with E-state index in [2.05, 4.69) is 17.6 Å². The van der Waals surface area contributed by atoms with E-state index in [0.717, 1.165) is 23.3 Å². The van der Waals surface area contributed by atoms with Crippen molar-refractivity contribution in [1.29, 1.82) is 0 Å². The Labute approximate surface area is 196 Å². The number of ether oxygens (including phenoxy) is 1. The van der Waals surface area contributed by atoms with Gasteiger partial charge in [0.05, 0.1) is 0 Å². The topological polar surface area (TPSA) is 50.4 Å². The van der Waals surface area contributed by atoms with Crippen LogP contribution in [0.5, 0.6) is 5.75 Å². The third-order valence-electron chi connectivity index (χ3n) is 7.92. The molecule has 0 heterocycles. The molecule has 1 atom stereocenters. The molecule has 4 fully saturated rings. The molecule has 0 aromatic heterocycles. The van der Waals surface area contributed by atoms with Crippen molar-refractivity contribution in [3.63, 3.8) is 0 Å². The molecule has 0 spiro atoms. The maximum absolute atomic E-state index is 12.8.